The molecule has 31 heavy (non-hydrogen) atoms. The number of hydrogen-bond donors (Lipinski definition) is 2. The Labute approximate surface area is 205 Å². The van der Waals surface area contributed by atoms with Gasteiger partial charge in [0.25, 0.3) is 5.91 Å². The molecule has 0 unspecified atom stereocenters. The highest BCUT2D eigenvalue weighted by Crippen LogP contribution is 2.30. The molecule has 158 valence electrons. The maximum atomic E-state index is 12.7. The molecule has 2 aromatic heterocycles. The van der Waals surface area contributed by atoms with Gasteiger partial charge in [-0.3, -0.25) is 14.6 Å². The Morgan fingerprint density at radius 1 is 1.03 bits per heavy atom. The lowest BCUT2D eigenvalue weighted by atomic mass is 10.1. The largest absolute Gasteiger partial charge is 0.303 e. The van der Waals surface area contributed by atoms with Crippen molar-refractivity contribution in [3.8, 4) is 11.3 Å². The van der Waals surface area contributed by atoms with E-state index in [0.717, 1.165) is 5.56 Å². The number of nitrogens with one attached hydrogen (secondary N) is 2. The van der Waals surface area contributed by atoms with E-state index in [0.29, 0.717) is 48.2 Å². The summed E-state index contributed by atoms with van der Waals surface area (Å²) in [5.74, 6) is -0.0462. The van der Waals surface area contributed by atoms with Gasteiger partial charge in [0.05, 0.1) is 21.7 Å². The summed E-state index contributed by atoms with van der Waals surface area (Å²) in [6, 6.07) is 11.9. The van der Waals surface area contributed by atoms with Gasteiger partial charge in [0, 0.05) is 26.8 Å². The number of halogens is 5. The number of nitrogens with zero attached hydrogens (tertiary/aromatic N) is 3. The van der Waals surface area contributed by atoms with Crippen LogP contribution in [0.3, 0.4) is 0 Å². The first-order valence-corrected chi connectivity index (χ1v) is 11.1. The molecule has 0 aliphatic carbocycles. The number of carbonyl (C=O) groups excluding carboxylic acids is 1. The fraction of sp³-hybridized carbons (Fsp3) is 0.0500. The molecular weight excluding hydrogens is 548 g/mol. The van der Waals surface area contributed by atoms with Crippen molar-refractivity contribution in [3.05, 3.63) is 84.5 Å². The van der Waals surface area contributed by atoms with E-state index in [4.69, 9.17) is 46.4 Å². The molecule has 11 heteroatoms. The van der Waals surface area contributed by atoms with Gasteiger partial charge in [-0.2, -0.15) is 10.2 Å². The summed E-state index contributed by atoms with van der Waals surface area (Å²) in [4.78, 5) is 12.7. The quantitative estimate of drug-likeness (QED) is 0.278. The van der Waals surface area contributed by atoms with Crippen molar-refractivity contribution in [3.63, 3.8) is 0 Å². The van der Waals surface area contributed by atoms with Gasteiger partial charge in [-0.25, -0.2) is 0 Å². The normalized spacial score (nSPS) is 11.0. The summed E-state index contributed by atoms with van der Waals surface area (Å²) in [6.07, 6.45) is 1.74. The first-order valence-electron chi connectivity index (χ1n) is 8.79. The number of amides is 1. The van der Waals surface area contributed by atoms with Gasteiger partial charge in [-0.15, -0.1) is 0 Å². The Morgan fingerprint density at radius 3 is 2.45 bits per heavy atom. The van der Waals surface area contributed by atoms with E-state index in [1.165, 1.54) is 0 Å². The molecule has 0 spiro atoms. The Kier molecular flexibility index (Phi) is 6.60. The fourth-order valence-corrected chi connectivity index (χ4v) is 4.22. The average Bonchev–Trinajstić information content (AvgIpc) is 3.31. The van der Waals surface area contributed by atoms with Crippen LogP contribution in [0, 0.1) is 0 Å². The van der Waals surface area contributed by atoms with Gasteiger partial charge in [-0.1, -0.05) is 52.5 Å². The molecule has 2 heterocycles. The minimum Gasteiger partial charge on any atom is -0.303 e. The third-order valence-electron chi connectivity index (χ3n) is 4.33. The number of aromatic nitrogens is 4. The molecule has 4 aromatic rings. The van der Waals surface area contributed by atoms with E-state index in [-0.39, 0.29) is 5.69 Å². The molecule has 0 atom stereocenters. The molecule has 0 fully saturated rings. The number of anilines is 1. The van der Waals surface area contributed by atoms with Crippen molar-refractivity contribution in [1.29, 1.82) is 0 Å². The Bertz CT molecular complexity index is 1290. The fourth-order valence-electron chi connectivity index (χ4n) is 2.84. The third-order valence-corrected chi connectivity index (χ3v) is 6.04. The van der Waals surface area contributed by atoms with Gasteiger partial charge >= 0.3 is 0 Å². The summed E-state index contributed by atoms with van der Waals surface area (Å²) in [5.41, 5.74) is 2.28. The molecule has 4 rings (SSSR count). The van der Waals surface area contributed by atoms with Crippen LogP contribution in [0.15, 0.2) is 53.1 Å². The highest BCUT2D eigenvalue weighted by Gasteiger charge is 2.16. The van der Waals surface area contributed by atoms with Crippen LogP contribution in [0.25, 0.3) is 11.3 Å². The first-order chi connectivity index (χ1) is 14.8. The SMILES string of the molecule is O=C(Nc1nn(Cc2ccc(Cl)cc2Cl)cc1Br)c1cc(-c2ccc(Cl)cc2Cl)n[nH]1. The summed E-state index contributed by atoms with van der Waals surface area (Å²) in [5, 5.41) is 16.1. The molecule has 2 aromatic carbocycles. The van der Waals surface area contributed by atoms with Crippen molar-refractivity contribution >= 4 is 74.1 Å². The van der Waals surface area contributed by atoms with Crippen molar-refractivity contribution in [2.45, 2.75) is 6.54 Å². The smallest absolute Gasteiger partial charge is 0.274 e. The van der Waals surface area contributed by atoms with E-state index in [1.807, 2.05) is 6.07 Å². The zero-order chi connectivity index (χ0) is 22.1. The first kappa shape index (κ1) is 22.2. The molecule has 0 radical (unpaired) electrons. The Morgan fingerprint density at radius 2 is 1.74 bits per heavy atom. The van der Waals surface area contributed by atoms with Crippen LogP contribution in [0.5, 0.6) is 0 Å². The highest BCUT2D eigenvalue weighted by molar-refractivity contribution is 9.10. The highest BCUT2D eigenvalue weighted by atomic mass is 79.9. The molecule has 6 nitrogen and oxygen atoms in total. The van der Waals surface area contributed by atoms with Crippen LogP contribution < -0.4 is 5.32 Å². The van der Waals surface area contributed by atoms with Gasteiger partial charge in [0.1, 0.15) is 5.69 Å². The minimum atomic E-state index is -0.403. The second kappa shape index (κ2) is 9.22. The van der Waals surface area contributed by atoms with E-state index >= 15 is 0 Å². The summed E-state index contributed by atoms with van der Waals surface area (Å²) >= 11 is 27.7. The topological polar surface area (TPSA) is 75.6 Å². The Balaban J connectivity index is 1.50. The third kappa shape index (κ3) is 5.07. The van der Waals surface area contributed by atoms with Crippen LogP contribution >= 0.6 is 62.3 Å². The number of benzene rings is 2. The van der Waals surface area contributed by atoms with E-state index in [9.17, 15) is 4.79 Å². The number of carbonyl (C=O) groups is 1. The second-order valence-electron chi connectivity index (χ2n) is 6.50. The summed E-state index contributed by atoms with van der Waals surface area (Å²) in [7, 11) is 0. The Hall–Kier alpha value is -2.03. The standard InChI is InChI=1S/C20H12BrCl4N5O/c21-14-9-30(8-10-1-2-11(22)5-15(10)24)29-19(14)26-20(31)18-7-17(27-28-18)13-4-3-12(23)6-16(13)25/h1-7,9H,8H2,(H,27,28)(H,26,29,31). The van der Waals surface area contributed by atoms with Crippen LogP contribution in [0.1, 0.15) is 16.1 Å². The molecule has 0 aliphatic rings. The number of aromatic amines is 1. The predicted molar refractivity (Wildman–Crippen MR) is 127 cm³/mol. The summed E-state index contributed by atoms with van der Waals surface area (Å²) in [6.45, 7) is 0.410. The maximum Gasteiger partial charge on any atom is 0.274 e. The lowest BCUT2D eigenvalue weighted by Crippen LogP contribution is -2.13. The van der Waals surface area contributed by atoms with Crippen LogP contribution in [0.2, 0.25) is 20.1 Å². The van der Waals surface area contributed by atoms with Crippen LogP contribution in [0.4, 0.5) is 5.82 Å². The number of H-pyrrole nitrogens is 1. The minimum absolute atomic E-state index is 0.253. The van der Waals surface area contributed by atoms with Gasteiger partial charge in [0.2, 0.25) is 0 Å². The van der Waals surface area contributed by atoms with E-state index in [2.05, 4.69) is 36.5 Å². The molecule has 2 N–H and O–H groups in total. The van der Waals surface area contributed by atoms with Gasteiger partial charge < -0.3 is 5.32 Å². The number of hydrogen-bond acceptors (Lipinski definition) is 3. The monoisotopic (exact) mass is 557 g/mol. The molecule has 0 saturated carbocycles. The van der Waals surface area contributed by atoms with Crippen molar-refractivity contribution < 1.29 is 4.79 Å². The predicted octanol–water partition coefficient (Wildman–Crippen LogP) is 6.95. The molecule has 0 bridgehead atoms. The summed E-state index contributed by atoms with van der Waals surface area (Å²) < 4.78 is 2.27. The molecule has 0 aliphatic heterocycles. The van der Waals surface area contributed by atoms with Crippen LogP contribution in [-0.4, -0.2) is 25.9 Å². The van der Waals surface area contributed by atoms with Gasteiger partial charge in [-0.05, 0) is 57.9 Å². The second-order valence-corrected chi connectivity index (χ2v) is 9.05. The van der Waals surface area contributed by atoms with Crippen molar-refractivity contribution in [2.24, 2.45) is 0 Å². The van der Waals surface area contributed by atoms with Gasteiger partial charge in [0.15, 0.2) is 5.82 Å². The van der Waals surface area contributed by atoms with Crippen molar-refractivity contribution in [1.82, 2.24) is 20.0 Å². The lowest BCUT2D eigenvalue weighted by molar-refractivity contribution is 0.102. The maximum absolute atomic E-state index is 12.7. The lowest BCUT2D eigenvalue weighted by Gasteiger charge is -2.05. The molecular formula is C20H12BrCl4N5O. The average molecular weight is 560 g/mol. The van der Waals surface area contributed by atoms with E-state index < -0.39 is 5.91 Å². The molecule has 1 amide bonds. The van der Waals surface area contributed by atoms with Crippen LogP contribution in [-0.2, 0) is 6.54 Å². The van der Waals surface area contributed by atoms with E-state index in [1.54, 1.807) is 47.3 Å². The van der Waals surface area contributed by atoms with Crippen molar-refractivity contribution in [2.75, 3.05) is 5.32 Å². The molecule has 0 saturated heterocycles. The number of rotatable bonds is 5. The zero-order valence-corrected chi connectivity index (χ0v) is 20.1. The zero-order valence-electron chi connectivity index (χ0n) is 15.5.